The van der Waals surface area contributed by atoms with Crippen LogP contribution in [0.2, 0.25) is 20.1 Å². The van der Waals surface area contributed by atoms with Crippen molar-refractivity contribution in [2.45, 2.75) is 33.2 Å². The Kier molecular flexibility index (Phi) is 8.19. The largest absolute Gasteiger partial charge is 0.493 e. The minimum atomic E-state index is -1.25. The first-order valence-electron chi connectivity index (χ1n) is 10.3. The summed E-state index contributed by atoms with van der Waals surface area (Å²) in [5.41, 5.74) is 0.457. The van der Waals surface area contributed by atoms with Gasteiger partial charge in [-0.25, -0.2) is 4.79 Å². The minimum Gasteiger partial charge on any atom is -0.493 e. The van der Waals surface area contributed by atoms with Crippen LogP contribution in [0.5, 0.6) is 11.5 Å². The van der Waals surface area contributed by atoms with E-state index < -0.39 is 23.8 Å². The molecule has 0 unspecified atom stereocenters. The van der Waals surface area contributed by atoms with E-state index in [0.29, 0.717) is 5.75 Å². The maximum absolute atomic E-state index is 13.3. The molecule has 0 fully saturated rings. The molecule has 0 N–H and O–H groups in total. The molecule has 0 aliphatic carbocycles. The monoisotopic (exact) mass is 543 g/mol. The summed E-state index contributed by atoms with van der Waals surface area (Å²) < 4.78 is 10.9. The number of amides is 2. The summed E-state index contributed by atoms with van der Waals surface area (Å²) in [5, 5.41) is -0.706. The molecule has 0 saturated carbocycles. The number of carbonyl (C=O) groups excluding carboxylic acids is 3. The molecule has 2 aromatic rings. The highest BCUT2D eigenvalue weighted by Gasteiger charge is 2.47. The SMILES string of the molecule is C/C=C/c1ccc(OC(=O)[C@H](CC(C)C)N2C(=O)c3c(Cl)c(Cl)c(Cl)c(Cl)c3C2=O)c(OC)c1. The van der Waals surface area contributed by atoms with Crippen molar-refractivity contribution in [2.75, 3.05) is 7.11 Å². The molecule has 2 amide bonds. The van der Waals surface area contributed by atoms with Crippen molar-refractivity contribution >= 4 is 70.3 Å². The zero-order chi connectivity index (χ0) is 25.3. The van der Waals surface area contributed by atoms with Gasteiger partial charge in [-0.3, -0.25) is 14.5 Å². The van der Waals surface area contributed by atoms with Crippen LogP contribution >= 0.6 is 46.4 Å². The van der Waals surface area contributed by atoms with Gasteiger partial charge in [0.25, 0.3) is 11.8 Å². The second kappa shape index (κ2) is 10.6. The summed E-state index contributed by atoms with van der Waals surface area (Å²) >= 11 is 24.6. The van der Waals surface area contributed by atoms with Crippen molar-refractivity contribution in [1.29, 1.82) is 0 Å². The molecule has 6 nitrogen and oxygen atoms in total. The number of halogens is 4. The van der Waals surface area contributed by atoms with Crippen LogP contribution in [0.4, 0.5) is 0 Å². The Bertz CT molecular complexity index is 1160. The lowest BCUT2D eigenvalue weighted by molar-refractivity contribution is -0.139. The number of nitrogens with zero attached hydrogens (tertiary/aromatic N) is 1. The van der Waals surface area contributed by atoms with Crippen LogP contribution in [0.15, 0.2) is 24.3 Å². The molecule has 3 rings (SSSR count). The van der Waals surface area contributed by atoms with Crippen LogP contribution in [0.25, 0.3) is 6.08 Å². The summed E-state index contributed by atoms with van der Waals surface area (Å²) in [6, 6.07) is 3.77. The molecular weight excluding hydrogens is 524 g/mol. The molecule has 0 saturated heterocycles. The quantitative estimate of drug-likeness (QED) is 0.124. The molecule has 1 atom stereocenters. The van der Waals surface area contributed by atoms with Gasteiger partial charge in [0.05, 0.1) is 38.3 Å². The first-order valence-corrected chi connectivity index (χ1v) is 11.8. The highest BCUT2D eigenvalue weighted by atomic mass is 35.5. The Balaban J connectivity index is 2.02. The topological polar surface area (TPSA) is 72.9 Å². The fourth-order valence-electron chi connectivity index (χ4n) is 3.64. The number of imide groups is 1. The smallest absolute Gasteiger partial charge is 0.334 e. The van der Waals surface area contributed by atoms with E-state index in [1.807, 2.05) is 32.9 Å². The Morgan fingerprint density at radius 2 is 1.53 bits per heavy atom. The fourth-order valence-corrected chi connectivity index (χ4v) is 4.66. The predicted octanol–water partition coefficient (Wildman–Crippen LogP) is 6.96. The normalized spacial score (nSPS) is 14.2. The van der Waals surface area contributed by atoms with Gasteiger partial charge in [-0.15, -0.1) is 0 Å². The van der Waals surface area contributed by atoms with Crippen molar-refractivity contribution in [3.05, 3.63) is 61.1 Å². The van der Waals surface area contributed by atoms with E-state index in [-0.39, 0.29) is 49.3 Å². The molecule has 180 valence electrons. The number of benzene rings is 2. The summed E-state index contributed by atoms with van der Waals surface area (Å²) in [5.74, 6) is -2.02. The Labute approximate surface area is 217 Å². The number of hydrogen-bond donors (Lipinski definition) is 0. The third-order valence-electron chi connectivity index (χ3n) is 5.17. The van der Waals surface area contributed by atoms with E-state index in [1.165, 1.54) is 7.11 Å². The van der Waals surface area contributed by atoms with E-state index in [9.17, 15) is 14.4 Å². The lowest BCUT2D eigenvalue weighted by atomic mass is 10.0. The summed E-state index contributed by atoms with van der Waals surface area (Å²) in [4.78, 5) is 40.7. The minimum absolute atomic E-state index is 0.0704. The van der Waals surface area contributed by atoms with Gasteiger partial charge in [0, 0.05) is 0 Å². The van der Waals surface area contributed by atoms with Gasteiger partial charge >= 0.3 is 5.97 Å². The lowest BCUT2D eigenvalue weighted by Gasteiger charge is -2.26. The predicted molar refractivity (Wildman–Crippen MR) is 134 cm³/mol. The molecule has 34 heavy (non-hydrogen) atoms. The van der Waals surface area contributed by atoms with Crippen molar-refractivity contribution in [2.24, 2.45) is 5.92 Å². The zero-order valence-corrected chi connectivity index (χ0v) is 21.8. The van der Waals surface area contributed by atoms with E-state index in [4.69, 9.17) is 55.9 Å². The van der Waals surface area contributed by atoms with Crippen LogP contribution in [0, 0.1) is 5.92 Å². The molecule has 10 heteroatoms. The Hall–Kier alpha value is -2.25. The number of rotatable bonds is 7. The number of hydrogen-bond acceptors (Lipinski definition) is 5. The maximum atomic E-state index is 13.3. The maximum Gasteiger partial charge on any atom is 0.334 e. The number of allylic oxidation sites excluding steroid dienone is 1. The van der Waals surface area contributed by atoms with Crippen LogP contribution < -0.4 is 9.47 Å². The van der Waals surface area contributed by atoms with Gasteiger partial charge in [0.2, 0.25) is 0 Å². The number of fused-ring (bicyclic) bond motifs is 1. The summed E-state index contributed by atoms with van der Waals surface area (Å²) in [6.45, 7) is 5.56. The van der Waals surface area contributed by atoms with Crippen LogP contribution in [0.1, 0.15) is 53.5 Å². The van der Waals surface area contributed by atoms with E-state index >= 15 is 0 Å². The van der Waals surface area contributed by atoms with Gasteiger partial charge in [-0.1, -0.05) is 78.5 Å². The highest BCUT2D eigenvalue weighted by Crippen LogP contribution is 2.45. The van der Waals surface area contributed by atoms with Crippen molar-refractivity contribution in [3.8, 4) is 11.5 Å². The van der Waals surface area contributed by atoms with Gasteiger partial charge in [0.15, 0.2) is 11.5 Å². The average molecular weight is 545 g/mol. The van der Waals surface area contributed by atoms with Crippen molar-refractivity contribution in [1.82, 2.24) is 4.90 Å². The number of carbonyl (C=O) groups is 3. The van der Waals surface area contributed by atoms with E-state index in [2.05, 4.69) is 0 Å². The number of methoxy groups -OCH3 is 1. The van der Waals surface area contributed by atoms with Crippen molar-refractivity contribution < 1.29 is 23.9 Å². The zero-order valence-electron chi connectivity index (χ0n) is 18.7. The third-order valence-corrected chi connectivity index (χ3v) is 6.97. The van der Waals surface area contributed by atoms with Gasteiger partial charge in [0.1, 0.15) is 6.04 Å². The standard InChI is InChI=1S/C24H21Cl4NO5/c1-5-6-12-7-8-14(15(10-12)33-4)34-24(32)13(9-11(2)3)29-22(30)16-17(23(29)31)19(26)21(28)20(27)18(16)25/h5-8,10-11,13H,9H2,1-4H3/b6-5+/t13-/m0/s1. The van der Waals surface area contributed by atoms with Crippen LogP contribution in [-0.4, -0.2) is 35.8 Å². The molecule has 0 aromatic heterocycles. The summed E-state index contributed by atoms with van der Waals surface area (Å²) in [6.07, 6.45) is 3.86. The molecule has 1 aliphatic heterocycles. The van der Waals surface area contributed by atoms with E-state index in [0.717, 1.165) is 10.5 Å². The summed E-state index contributed by atoms with van der Waals surface area (Å²) in [7, 11) is 1.44. The first-order chi connectivity index (χ1) is 16.0. The van der Waals surface area contributed by atoms with Crippen molar-refractivity contribution in [3.63, 3.8) is 0 Å². The molecule has 0 bridgehead atoms. The van der Waals surface area contributed by atoms with Gasteiger partial charge < -0.3 is 9.47 Å². The fraction of sp³-hybridized carbons (Fsp3) is 0.292. The molecule has 2 aromatic carbocycles. The molecular formula is C24H21Cl4NO5. The first kappa shape index (κ1) is 26.4. The Morgan fingerprint density at radius 3 is 2.00 bits per heavy atom. The number of esters is 1. The second-order valence-corrected chi connectivity index (χ2v) is 9.47. The van der Waals surface area contributed by atoms with Gasteiger partial charge in [-0.05, 0) is 37.0 Å². The lowest BCUT2D eigenvalue weighted by Crippen LogP contribution is -2.47. The molecule has 0 spiro atoms. The molecule has 0 radical (unpaired) electrons. The molecule has 1 aliphatic rings. The van der Waals surface area contributed by atoms with E-state index in [1.54, 1.807) is 18.2 Å². The average Bonchev–Trinajstić information content (AvgIpc) is 3.05. The van der Waals surface area contributed by atoms with Crippen LogP contribution in [-0.2, 0) is 4.79 Å². The second-order valence-electron chi connectivity index (χ2n) is 7.96. The van der Waals surface area contributed by atoms with Gasteiger partial charge in [-0.2, -0.15) is 0 Å². The number of ether oxygens (including phenoxy) is 2. The highest BCUT2D eigenvalue weighted by molar-refractivity contribution is 6.55. The van der Waals surface area contributed by atoms with Crippen LogP contribution in [0.3, 0.4) is 0 Å². The third kappa shape index (κ3) is 4.78. The molecule has 1 heterocycles. The Morgan fingerprint density at radius 1 is 0.971 bits per heavy atom.